The van der Waals surface area contributed by atoms with Crippen LogP contribution in [0.15, 0.2) is 24.4 Å². The number of ether oxygens (including phenoxy) is 1. The Morgan fingerprint density at radius 1 is 1.33 bits per heavy atom. The van der Waals surface area contributed by atoms with Gasteiger partial charge in [-0.2, -0.15) is 0 Å². The summed E-state index contributed by atoms with van der Waals surface area (Å²) in [5.41, 5.74) is 1.47. The van der Waals surface area contributed by atoms with Crippen molar-refractivity contribution >= 4 is 28.5 Å². The predicted octanol–water partition coefficient (Wildman–Crippen LogP) is 3.21. The number of nitrogens with zero attached hydrogens (tertiary/aromatic N) is 1. The number of aromatic amines is 1. The van der Waals surface area contributed by atoms with E-state index in [4.69, 9.17) is 16.3 Å². The van der Waals surface area contributed by atoms with Crippen molar-refractivity contribution in [2.24, 2.45) is 0 Å². The highest BCUT2D eigenvalue weighted by atomic mass is 35.5. The summed E-state index contributed by atoms with van der Waals surface area (Å²) in [6, 6.07) is 6.65. The molecule has 1 aromatic carbocycles. The second-order valence-electron chi connectivity index (χ2n) is 6.10. The minimum atomic E-state index is -0.252. The smallest absolute Gasteiger partial charge is 0.340 e. The van der Waals surface area contributed by atoms with Gasteiger partial charge in [0.1, 0.15) is 6.10 Å². The van der Waals surface area contributed by atoms with Crippen LogP contribution in [0.3, 0.4) is 0 Å². The summed E-state index contributed by atoms with van der Waals surface area (Å²) in [5, 5.41) is 1.45. The van der Waals surface area contributed by atoms with Gasteiger partial charge in [0.15, 0.2) is 0 Å². The number of halogens is 1. The van der Waals surface area contributed by atoms with Crippen LogP contribution in [0.1, 0.15) is 29.6 Å². The van der Waals surface area contributed by atoms with Gasteiger partial charge in [-0.1, -0.05) is 11.6 Å². The highest BCUT2D eigenvalue weighted by Crippen LogP contribution is 2.38. The van der Waals surface area contributed by atoms with Gasteiger partial charge >= 0.3 is 5.97 Å². The van der Waals surface area contributed by atoms with Gasteiger partial charge in [-0.3, -0.25) is 0 Å². The number of nitrogens with one attached hydrogen (secondary N) is 1. The zero-order valence-corrected chi connectivity index (χ0v) is 12.6. The molecule has 21 heavy (non-hydrogen) atoms. The van der Waals surface area contributed by atoms with E-state index in [1.807, 2.05) is 6.07 Å². The number of hydrogen-bond donors (Lipinski definition) is 1. The molecular formula is C16H17ClN2O2. The first kappa shape index (κ1) is 13.2. The standard InChI is InChI=1S/C16H17ClN2O2/c1-19-10-5-11(19)7-12(6-10)21-16(20)14-8-18-15-3-2-9(17)4-13(14)15/h2-4,8,10-12,18H,5-7H2,1H3. The number of carbonyl (C=O) groups is 1. The van der Waals surface area contributed by atoms with Crippen molar-refractivity contribution in [1.29, 1.82) is 0 Å². The third kappa shape index (κ3) is 2.14. The summed E-state index contributed by atoms with van der Waals surface area (Å²) in [6.45, 7) is 0. The number of piperidine rings is 1. The zero-order valence-electron chi connectivity index (χ0n) is 11.8. The van der Waals surface area contributed by atoms with Crippen LogP contribution in [0, 0.1) is 0 Å². The highest BCUT2D eigenvalue weighted by molar-refractivity contribution is 6.31. The number of esters is 1. The lowest BCUT2D eigenvalue weighted by molar-refractivity contribution is -0.0735. The molecule has 1 aliphatic carbocycles. The van der Waals surface area contributed by atoms with E-state index in [0.29, 0.717) is 22.7 Å². The summed E-state index contributed by atoms with van der Waals surface area (Å²) in [5.74, 6) is -0.252. The van der Waals surface area contributed by atoms with Gasteiger partial charge in [-0.15, -0.1) is 0 Å². The predicted molar refractivity (Wildman–Crippen MR) is 81.7 cm³/mol. The fraction of sp³-hybridized carbons (Fsp3) is 0.438. The first-order chi connectivity index (χ1) is 10.1. The maximum Gasteiger partial charge on any atom is 0.340 e. The number of aromatic nitrogens is 1. The van der Waals surface area contributed by atoms with Crippen LogP contribution >= 0.6 is 11.6 Å². The van der Waals surface area contributed by atoms with Crippen LogP contribution in [0.2, 0.25) is 5.02 Å². The summed E-state index contributed by atoms with van der Waals surface area (Å²) < 4.78 is 5.70. The molecule has 1 N–H and O–H groups in total. The summed E-state index contributed by atoms with van der Waals surface area (Å²) in [7, 11) is 2.15. The molecule has 0 amide bonds. The Bertz CT molecular complexity index is 699. The molecule has 0 spiro atoms. The molecule has 1 aromatic heterocycles. The van der Waals surface area contributed by atoms with Gasteiger partial charge in [-0.25, -0.2) is 4.79 Å². The van der Waals surface area contributed by atoms with E-state index >= 15 is 0 Å². The fourth-order valence-corrected chi connectivity index (χ4v) is 3.78. The minimum absolute atomic E-state index is 0.0431. The molecule has 2 aromatic rings. The molecular weight excluding hydrogens is 288 g/mol. The first-order valence-electron chi connectivity index (χ1n) is 7.31. The Labute approximate surface area is 128 Å². The molecule has 4 nitrogen and oxygen atoms in total. The number of carbonyl (C=O) groups excluding carboxylic acids is 1. The second kappa shape index (κ2) is 4.75. The molecule has 2 bridgehead atoms. The molecule has 2 unspecified atom stereocenters. The average Bonchev–Trinajstić information content (AvgIpc) is 2.89. The summed E-state index contributed by atoms with van der Waals surface area (Å²) >= 11 is 6.01. The van der Waals surface area contributed by atoms with Gasteiger partial charge < -0.3 is 14.6 Å². The molecule has 5 heteroatoms. The van der Waals surface area contributed by atoms with Crippen molar-refractivity contribution in [2.75, 3.05) is 7.05 Å². The zero-order chi connectivity index (χ0) is 14.6. The van der Waals surface area contributed by atoms with Crippen LogP contribution in [0.25, 0.3) is 10.9 Å². The van der Waals surface area contributed by atoms with Crippen molar-refractivity contribution in [3.63, 3.8) is 0 Å². The van der Waals surface area contributed by atoms with Crippen LogP contribution < -0.4 is 0 Å². The van der Waals surface area contributed by atoms with Crippen LogP contribution in [-0.2, 0) is 4.74 Å². The number of H-pyrrole nitrogens is 1. The van der Waals surface area contributed by atoms with Crippen LogP contribution in [0.5, 0.6) is 0 Å². The second-order valence-corrected chi connectivity index (χ2v) is 6.54. The van der Waals surface area contributed by atoms with Crippen molar-refractivity contribution in [1.82, 2.24) is 9.88 Å². The average molecular weight is 305 g/mol. The lowest BCUT2D eigenvalue weighted by Crippen LogP contribution is -2.60. The Morgan fingerprint density at radius 3 is 2.81 bits per heavy atom. The molecule has 3 heterocycles. The highest BCUT2D eigenvalue weighted by Gasteiger charge is 2.44. The van der Waals surface area contributed by atoms with E-state index in [0.717, 1.165) is 23.7 Å². The fourth-order valence-electron chi connectivity index (χ4n) is 3.61. The molecule has 5 rings (SSSR count). The lowest BCUT2D eigenvalue weighted by Gasteiger charge is -2.53. The van der Waals surface area contributed by atoms with Gasteiger partial charge in [0, 0.05) is 47.0 Å². The van der Waals surface area contributed by atoms with E-state index in [-0.39, 0.29) is 12.1 Å². The lowest BCUT2D eigenvalue weighted by atomic mass is 9.78. The van der Waals surface area contributed by atoms with Crippen molar-refractivity contribution in [2.45, 2.75) is 37.5 Å². The third-order valence-corrected chi connectivity index (χ3v) is 5.14. The number of rotatable bonds is 2. The van der Waals surface area contributed by atoms with Crippen molar-refractivity contribution in [3.05, 3.63) is 35.0 Å². The Hall–Kier alpha value is -1.52. The monoisotopic (exact) mass is 304 g/mol. The molecule has 2 aliphatic heterocycles. The number of benzene rings is 1. The Balaban J connectivity index is 1.53. The quantitative estimate of drug-likeness (QED) is 0.867. The van der Waals surface area contributed by atoms with Gasteiger partial charge in [-0.05, 0) is 31.7 Å². The van der Waals surface area contributed by atoms with Crippen molar-refractivity contribution < 1.29 is 9.53 Å². The Morgan fingerprint density at radius 2 is 2.10 bits per heavy atom. The third-order valence-electron chi connectivity index (χ3n) is 4.90. The Kier molecular flexibility index (Phi) is 2.98. The van der Waals surface area contributed by atoms with Crippen molar-refractivity contribution in [3.8, 4) is 0 Å². The number of hydrogen-bond acceptors (Lipinski definition) is 3. The maximum absolute atomic E-state index is 12.4. The molecule has 0 radical (unpaired) electrons. The van der Waals surface area contributed by atoms with Gasteiger partial charge in [0.25, 0.3) is 0 Å². The van der Waals surface area contributed by atoms with E-state index in [9.17, 15) is 4.79 Å². The molecule has 3 fully saturated rings. The summed E-state index contributed by atoms with van der Waals surface area (Å²) in [6.07, 6.45) is 4.89. The van der Waals surface area contributed by atoms with E-state index in [1.165, 1.54) is 6.42 Å². The van der Waals surface area contributed by atoms with Gasteiger partial charge in [0.2, 0.25) is 0 Å². The summed E-state index contributed by atoms with van der Waals surface area (Å²) in [4.78, 5) is 17.9. The normalized spacial score (nSPS) is 28.4. The van der Waals surface area contributed by atoms with Crippen LogP contribution in [0.4, 0.5) is 0 Å². The van der Waals surface area contributed by atoms with Crippen LogP contribution in [-0.4, -0.2) is 41.1 Å². The van der Waals surface area contributed by atoms with E-state index in [2.05, 4.69) is 16.9 Å². The molecule has 110 valence electrons. The first-order valence-corrected chi connectivity index (χ1v) is 7.69. The van der Waals surface area contributed by atoms with E-state index < -0.39 is 0 Å². The largest absolute Gasteiger partial charge is 0.459 e. The van der Waals surface area contributed by atoms with E-state index in [1.54, 1.807) is 18.3 Å². The maximum atomic E-state index is 12.4. The van der Waals surface area contributed by atoms with Gasteiger partial charge in [0.05, 0.1) is 5.56 Å². The molecule has 2 atom stereocenters. The molecule has 1 saturated carbocycles. The topological polar surface area (TPSA) is 45.3 Å². The minimum Gasteiger partial charge on any atom is -0.459 e. The molecule has 3 aliphatic rings. The number of fused-ring (bicyclic) bond motifs is 3. The SMILES string of the molecule is CN1C2CC(OC(=O)c3c[nH]c4ccc(Cl)cc34)CC1C2. The molecule has 2 saturated heterocycles.